The SMILES string of the molecule is C/C(=N\O)c1cc(F)ccc1OCCCN(C)C. The van der Waals surface area contributed by atoms with Crippen molar-refractivity contribution in [2.75, 3.05) is 27.2 Å². The topological polar surface area (TPSA) is 45.1 Å². The van der Waals surface area contributed by atoms with Crippen LogP contribution in [0.25, 0.3) is 0 Å². The molecule has 0 radical (unpaired) electrons. The third-order valence-corrected chi connectivity index (χ3v) is 2.49. The summed E-state index contributed by atoms with van der Waals surface area (Å²) in [6, 6.07) is 4.18. The van der Waals surface area contributed by atoms with Crippen LogP contribution in [0, 0.1) is 5.82 Å². The molecule has 0 unspecified atom stereocenters. The third-order valence-electron chi connectivity index (χ3n) is 2.49. The van der Waals surface area contributed by atoms with Gasteiger partial charge in [0.1, 0.15) is 11.6 Å². The Morgan fingerprint density at radius 1 is 1.44 bits per heavy atom. The van der Waals surface area contributed by atoms with Gasteiger partial charge in [-0.05, 0) is 45.6 Å². The van der Waals surface area contributed by atoms with Gasteiger partial charge in [-0.3, -0.25) is 0 Å². The Hall–Kier alpha value is -1.62. The van der Waals surface area contributed by atoms with Crippen LogP contribution in [0.2, 0.25) is 0 Å². The number of ether oxygens (including phenoxy) is 1. The lowest BCUT2D eigenvalue weighted by atomic mass is 10.1. The fourth-order valence-electron chi connectivity index (χ4n) is 1.53. The minimum Gasteiger partial charge on any atom is -0.493 e. The predicted octanol–water partition coefficient (Wildman–Crippen LogP) is 2.35. The molecule has 18 heavy (non-hydrogen) atoms. The molecular formula is C13H19FN2O2. The first-order valence-electron chi connectivity index (χ1n) is 5.80. The van der Waals surface area contributed by atoms with E-state index in [0.29, 0.717) is 23.6 Å². The average molecular weight is 254 g/mol. The number of rotatable bonds is 6. The Balaban J connectivity index is 2.70. The lowest BCUT2D eigenvalue weighted by Gasteiger charge is -2.13. The Labute approximate surface area is 107 Å². The molecule has 0 saturated heterocycles. The van der Waals surface area contributed by atoms with Gasteiger partial charge in [-0.2, -0.15) is 0 Å². The summed E-state index contributed by atoms with van der Waals surface area (Å²) in [7, 11) is 3.98. The van der Waals surface area contributed by atoms with Gasteiger partial charge in [-0.25, -0.2) is 4.39 Å². The molecule has 100 valence electrons. The molecule has 0 aliphatic carbocycles. The minimum absolute atomic E-state index is 0.331. The molecule has 1 aromatic rings. The molecule has 0 aliphatic heterocycles. The van der Waals surface area contributed by atoms with E-state index in [1.807, 2.05) is 14.1 Å². The van der Waals surface area contributed by atoms with Crippen molar-refractivity contribution >= 4 is 5.71 Å². The second kappa shape index (κ2) is 6.96. The van der Waals surface area contributed by atoms with Crippen molar-refractivity contribution in [2.24, 2.45) is 5.16 Å². The summed E-state index contributed by atoms with van der Waals surface area (Å²) >= 11 is 0. The molecule has 1 aromatic carbocycles. The van der Waals surface area contributed by atoms with Crippen molar-refractivity contribution in [3.63, 3.8) is 0 Å². The molecule has 0 atom stereocenters. The Kier molecular flexibility index (Phi) is 5.58. The largest absolute Gasteiger partial charge is 0.493 e. The van der Waals surface area contributed by atoms with Gasteiger partial charge >= 0.3 is 0 Å². The van der Waals surface area contributed by atoms with Crippen molar-refractivity contribution in [2.45, 2.75) is 13.3 Å². The van der Waals surface area contributed by atoms with E-state index in [1.54, 1.807) is 13.0 Å². The molecule has 0 aliphatic rings. The highest BCUT2D eigenvalue weighted by atomic mass is 19.1. The molecule has 0 fully saturated rings. The average Bonchev–Trinajstić information content (AvgIpc) is 2.34. The van der Waals surface area contributed by atoms with Crippen LogP contribution in [0.4, 0.5) is 4.39 Å². The number of halogens is 1. The summed E-state index contributed by atoms with van der Waals surface area (Å²) in [6.07, 6.45) is 0.874. The van der Waals surface area contributed by atoms with E-state index in [2.05, 4.69) is 10.1 Å². The van der Waals surface area contributed by atoms with E-state index in [-0.39, 0.29) is 5.82 Å². The van der Waals surface area contributed by atoms with Crippen LogP contribution in [-0.4, -0.2) is 43.1 Å². The molecule has 0 saturated carbocycles. The zero-order valence-electron chi connectivity index (χ0n) is 11.0. The Bertz CT molecular complexity index is 419. The molecule has 0 spiro atoms. The van der Waals surface area contributed by atoms with Gasteiger partial charge in [0, 0.05) is 12.1 Å². The highest BCUT2D eigenvalue weighted by molar-refractivity contribution is 6.00. The van der Waals surface area contributed by atoms with Gasteiger partial charge in [0.05, 0.1) is 12.3 Å². The monoisotopic (exact) mass is 254 g/mol. The summed E-state index contributed by atoms with van der Waals surface area (Å²) in [5.74, 6) is 0.152. The van der Waals surface area contributed by atoms with E-state index >= 15 is 0 Å². The summed E-state index contributed by atoms with van der Waals surface area (Å²) < 4.78 is 18.7. The Morgan fingerprint density at radius 2 is 2.17 bits per heavy atom. The third kappa shape index (κ3) is 4.33. The first-order chi connectivity index (χ1) is 8.54. The molecular weight excluding hydrogens is 235 g/mol. The maximum Gasteiger partial charge on any atom is 0.128 e. The van der Waals surface area contributed by atoms with E-state index in [4.69, 9.17) is 9.94 Å². The highest BCUT2D eigenvalue weighted by Gasteiger charge is 2.09. The van der Waals surface area contributed by atoms with Gasteiger partial charge in [0.2, 0.25) is 0 Å². The van der Waals surface area contributed by atoms with Crippen molar-refractivity contribution < 1.29 is 14.3 Å². The summed E-state index contributed by atoms with van der Waals surface area (Å²) in [5, 5.41) is 11.8. The van der Waals surface area contributed by atoms with Crippen molar-refractivity contribution in [1.82, 2.24) is 4.90 Å². The van der Waals surface area contributed by atoms with Crippen molar-refractivity contribution in [3.8, 4) is 5.75 Å². The normalized spacial score (nSPS) is 11.9. The molecule has 1 rings (SSSR count). The second-order valence-electron chi connectivity index (χ2n) is 4.33. The zero-order chi connectivity index (χ0) is 13.5. The Morgan fingerprint density at radius 3 is 2.78 bits per heavy atom. The quantitative estimate of drug-likeness (QED) is 0.367. The van der Waals surface area contributed by atoms with Crippen LogP contribution in [0.1, 0.15) is 18.9 Å². The van der Waals surface area contributed by atoms with Crippen molar-refractivity contribution in [3.05, 3.63) is 29.6 Å². The minimum atomic E-state index is -0.381. The van der Waals surface area contributed by atoms with Gasteiger partial charge in [-0.1, -0.05) is 5.16 Å². The van der Waals surface area contributed by atoms with Crippen LogP contribution < -0.4 is 4.74 Å². The van der Waals surface area contributed by atoms with E-state index in [0.717, 1.165) is 13.0 Å². The van der Waals surface area contributed by atoms with E-state index in [9.17, 15) is 4.39 Å². The smallest absolute Gasteiger partial charge is 0.128 e. The number of oxime groups is 1. The number of benzene rings is 1. The van der Waals surface area contributed by atoms with Gasteiger partial charge in [0.25, 0.3) is 0 Å². The molecule has 0 amide bonds. The summed E-state index contributed by atoms with van der Waals surface area (Å²) in [5.41, 5.74) is 0.805. The van der Waals surface area contributed by atoms with Gasteiger partial charge in [0.15, 0.2) is 0 Å². The van der Waals surface area contributed by atoms with E-state index < -0.39 is 0 Å². The number of hydrogen-bond acceptors (Lipinski definition) is 4. The van der Waals surface area contributed by atoms with E-state index in [1.165, 1.54) is 12.1 Å². The fraction of sp³-hybridized carbons (Fsp3) is 0.462. The molecule has 0 heterocycles. The molecule has 0 bridgehead atoms. The number of hydrogen-bond donors (Lipinski definition) is 1. The van der Waals surface area contributed by atoms with Crippen molar-refractivity contribution in [1.29, 1.82) is 0 Å². The van der Waals surface area contributed by atoms with Gasteiger partial charge in [-0.15, -0.1) is 0 Å². The molecule has 0 aromatic heterocycles. The molecule has 4 nitrogen and oxygen atoms in total. The predicted molar refractivity (Wildman–Crippen MR) is 69.1 cm³/mol. The maximum atomic E-state index is 13.1. The lowest BCUT2D eigenvalue weighted by molar-refractivity contribution is 0.280. The fourth-order valence-corrected chi connectivity index (χ4v) is 1.53. The standard InChI is InChI=1S/C13H19FN2O2/c1-10(15-17)12-9-11(14)5-6-13(12)18-8-4-7-16(2)3/h5-6,9,17H,4,7-8H2,1-3H3/b15-10+. The first-order valence-corrected chi connectivity index (χ1v) is 5.80. The second-order valence-corrected chi connectivity index (χ2v) is 4.33. The van der Waals surface area contributed by atoms with Gasteiger partial charge < -0.3 is 14.8 Å². The maximum absolute atomic E-state index is 13.1. The van der Waals surface area contributed by atoms with Crippen LogP contribution >= 0.6 is 0 Å². The highest BCUT2D eigenvalue weighted by Crippen LogP contribution is 2.20. The van der Waals surface area contributed by atoms with Crippen LogP contribution in [0.3, 0.4) is 0 Å². The van der Waals surface area contributed by atoms with Crippen LogP contribution in [0.15, 0.2) is 23.4 Å². The summed E-state index contributed by atoms with van der Waals surface area (Å²) in [6.45, 7) is 3.06. The zero-order valence-corrected chi connectivity index (χ0v) is 11.0. The molecule has 1 N–H and O–H groups in total. The summed E-state index contributed by atoms with van der Waals surface area (Å²) in [4.78, 5) is 2.06. The van der Waals surface area contributed by atoms with Crippen LogP contribution in [-0.2, 0) is 0 Å². The van der Waals surface area contributed by atoms with Crippen LogP contribution in [0.5, 0.6) is 5.75 Å². The first kappa shape index (κ1) is 14.4. The molecule has 5 heteroatoms. The number of nitrogens with zero attached hydrogens (tertiary/aromatic N) is 2. The lowest BCUT2D eigenvalue weighted by Crippen LogP contribution is -2.16.